The van der Waals surface area contributed by atoms with Gasteiger partial charge in [-0.3, -0.25) is 14.4 Å². The molecule has 276 valence electrons. The fourth-order valence-electron chi connectivity index (χ4n) is 5.51. The number of ether oxygens (including phenoxy) is 3. The number of carbonyl (C=O) groups is 3. The molecule has 0 aliphatic carbocycles. The first-order valence-electron chi connectivity index (χ1n) is 17.1. The Morgan fingerprint density at radius 1 is 0.811 bits per heavy atom. The van der Waals surface area contributed by atoms with Crippen molar-refractivity contribution < 1.29 is 28.6 Å². The van der Waals surface area contributed by atoms with E-state index in [0.29, 0.717) is 41.7 Å². The van der Waals surface area contributed by atoms with Crippen LogP contribution in [0.3, 0.4) is 0 Å². The molecule has 2 amide bonds. The lowest BCUT2D eigenvalue weighted by Gasteiger charge is -2.22. The minimum absolute atomic E-state index is 0.0647. The lowest BCUT2D eigenvalue weighted by atomic mass is 9.94. The molecule has 0 spiro atoms. The first kappa shape index (κ1) is 38.1. The molecule has 0 saturated heterocycles. The third kappa shape index (κ3) is 9.59. The third-order valence-electron chi connectivity index (χ3n) is 8.08. The van der Waals surface area contributed by atoms with Crippen LogP contribution in [-0.2, 0) is 11.3 Å². The van der Waals surface area contributed by atoms with E-state index >= 15 is 0 Å². The van der Waals surface area contributed by atoms with E-state index in [0.717, 1.165) is 16.3 Å². The summed E-state index contributed by atoms with van der Waals surface area (Å²) in [5.41, 5.74) is 0.691. The van der Waals surface area contributed by atoms with Crippen LogP contribution in [0.4, 0.5) is 11.5 Å². The zero-order chi connectivity index (χ0) is 38.5. The van der Waals surface area contributed by atoms with Gasteiger partial charge < -0.3 is 35.1 Å². The van der Waals surface area contributed by atoms with Crippen molar-refractivity contribution in [2.75, 3.05) is 31.4 Å². The lowest BCUT2D eigenvalue weighted by Crippen LogP contribution is -2.32. The predicted molar refractivity (Wildman–Crippen MR) is 206 cm³/mol. The Morgan fingerprint density at radius 2 is 1.57 bits per heavy atom. The van der Waals surface area contributed by atoms with Gasteiger partial charge in [0.15, 0.2) is 0 Å². The molecule has 0 unspecified atom stereocenters. The molecule has 12 nitrogen and oxygen atoms in total. The van der Waals surface area contributed by atoms with Crippen LogP contribution in [0.25, 0.3) is 21.9 Å². The van der Waals surface area contributed by atoms with Crippen molar-refractivity contribution in [3.63, 3.8) is 0 Å². The van der Waals surface area contributed by atoms with E-state index in [1.54, 1.807) is 65.5 Å². The smallest absolute Gasteiger partial charge is 0.339 e. The highest BCUT2D eigenvalue weighted by molar-refractivity contribution is 6.10. The largest absolute Gasteiger partial charge is 0.497 e. The van der Waals surface area contributed by atoms with Gasteiger partial charge in [-0.1, -0.05) is 26.8 Å². The molecule has 0 bridgehead atoms. The number of amides is 2. The zero-order valence-corrected chi connectivity index (χ0v) is 31.2. The maximum atomic E-state index is 13.9. The zero-order valence-electron chi connectivity index (χ0n) is 31.2. The minimum Gasteiger partial charge on any atom is -0.497 e. The van der Waals surface area contributed by atoms with Gasteiger partial charge in [0.2, 0.25) is 5.56 Å². The molecule has 2 heterocycles. The summed E-state index contributed by atoms with van der Waals surface area (Å²) in [6, 6.07) is 20.1. The van der Waals surface area contributed by atoms with Gasteiger partial charge >= 0.3 is 5.97 Å². The predicted octanol–water partition coefficient (Wildman–Crippen LogP) is 7.20. The van der Waals surface area contributed by atoms with E-state index in [1.165, 1.54) is 18.2 Å². The molecule has 0 aliphatic heterocycles. The van der Waals surface area contributed by atoms with Gasteiger partial charge in [-0.05, 0) is 91.7 Å². The van der Waals surface area contributed by atoms with Crippen molar-refractivity contribution in [1.29, 1.82) is 0 Å². The van der Waals surface area contributed by atoms with Crippen molar-refractivity contribution >= 4 is 40.1 Å². The maximum Gasteiger partial charge on any atom is 0.339 e. The van der Waals surface area contributed by atoms with Crippen LogP contribution in [0, 0.1) is 5.41 Å². The number of fused-ring (bicyclic) bond motifs is 1. The van der Waals surface area contributed by atoms with Crippen molar-refractivity contribution in [3.8, 4) is 22.6 Å². The maximum absolute atomic E-state index is 13.9. The molecule has 0 radical (unpaired) electrons. The monoisotopic (exact) mass is 719 g/mol. The van der Waals surface area contributed by atoms with Gasteiger partial charge in [0.05, 0.1) is 19.8 Å². The highest BCUT2D eigenvalue weighted by Gasteiger charge is 2.26. The average molecular weight is 720 g/mol. The van der Waals surface area contributed by atoms with Gasteiger partial charge in [0.25, 0.3) is 11.8 Å². The number of esters is 1. The summed E-state index contributed by atoms with van der Waals surface area (Å²) in [6.07, 6.45) is 1.67. The number of benzene rings is 3. The van der Waals surface area contributed by atoms with E-state index in [1.807, 2.05) is 51.1 Å². The molecule has 0 fully saturated rings. The normalized spacial score (nSPS) is 11.5. The average Bonchev–Trinajstić information content (AvgIpc) is 3.11. The van der Waals surface area contributed by atoms with Crippen LogP contribution in [0.1, 0.15) is 78.3 Å². The molecule has 0 atom stereocenters. The Kier molecular flexibility index (Phi) is 11.2. The molecular weight excluding hydrogens is 674 g/mol. The summed E-state index contributed by atoms with van der Waals surface area (Å²) in [5.74, 6) is 0.342. The highest BCUT2D eigenvalue weighted by atomic mass is 16.6. The van der Waals surface area contributed by atoms with Crippen LogP contribution in [0.15, 0.2) is 83.8 Å². The highest BCUT2D eigenvalue weighted by Crippen LogP contribution is 2.31. The fourth-order valence-corrected chi connectivity index (χ4v) is 5.51. The molecule has 3 aromatic carbocycles. The third-order valence-corrected chi connectivity index (χ3v) is 8.08. The number of nitrogens with zero attached hydrogens (tertiary/aromatic N) is 1. The second-order valence-corrected chi connectivity index (χ2v) is 14.7. The van der Waals surface area contributed by atoms with Crippen LogP contribution in [0.5, 0.6) is 11.5 Å². The Hall–Kier alpha value is -6.17. The quantitative estimate of drug-likeness (QED) is 0.104. The second kappa shape index (κ2) is 15.6. The lowest BCUT2D eigenvalue weighted by molar-refractivity contribution is 0.00702. The fraction of sp³-hybridized carbons (Fsp3) is 0.293. The number of aromatic nitrogens is 2. The van der Waals surface area contributed by atoms with E-state index in [4.69, 9.17) is 14.2 Å². The number of aromatic amines is 1. The molecule has 5 rings (SSSR count). The molecule has 0 aliphatic rings. The Balaban J connectivity index is 1.45. The minimum atomic E-state index is -0.840. The van der Waals surface area contributed by atoms with Crippen molar-refractivity contribution in [2.45, 2.75) is 53.7 Å². The van der Waals surface area contributed by atoms with Gasteiger partial charge in [0, 0.05) is 59.2 Å². The van der Waals surface area contributed by atoms with Gasteiger partial charge in [-0.2, -0.15) is 0 Å². The number of carbonyl (C=O) groups excluding carboxylic acids is 3. The molecular formula is C41H45N5O7. The molecule has 2 aromatic heterocycles. The summed E-state index contributed by atoms with van der Waals surface area (Å²) < 4.78 is 16.5. The van der Waals surface area contributed by atoms with E-state index in [-0.39, 0.29) is 33.7 Å². The number of methoxy groups -OCH3 is 2. The van der Waals surface area contributed by atoms with Crippen LogP contribution in [-0.4, -0.2) is 54.1 Å². The topological polar surface area (TPSA) is 161 Å². The number of pyridine rings is 2. The SMILES string of the molecule is COc1ccc(CNc2nccc3cc(NC(=O)c4[nH]c(=O)ccc4-c4ccc(C(=O)NCC(C)(C)C)cc4C(=O)OC(C)(C)C)ccc23)c(OC)c1. The molecule has 4 N–H and O–H groups in total. The van der Waals surface area contributed by atoms with E-state index in [2.05, 4.69) is 25.9 Å². The summed E-state index contributed by atoms with van der Waals surface area (Å²) in [4.78, 5) is 60.3. The van der Waals surface area contributed by atoms with Crippen LogP contribution >= 0.6 is 0 Å². The Labute approximate surface area is 308 Å². The summed E-state index contributed by atoms with van der Waals surface area (Å²) >= 11 is 0. The molecule has 12 heteroatoms. The summed E-state index contributed by atoms with van der Waals surface area (Å²) in [7, 11) is 3.20. The number of hydrogen-bond donors (Lipinski definition) is 4. The number of H-pyrrole nitrogens is 1. The standard InChI is InChI=1S/C41H45N5O7/c1-40(2,3)23-44-37(48)25-10-13-30(32(20-25)39(50)53-41(4,5)6)31-15-16-34(47)46-35(31)38(49)45-27-11-14-29-24(19-27)17-18-42-36(29)43-22-26-9-12-28(51-7)21-33(26)52-8/h9-21H,22-23H2,1-8H3,(H,42,43)(H,44,48)(H,45,49)(H,46,47). The molecule has 0 saturated carbocycles. The second-order valence-electron chi connectivity index (χ2n) is 14.7. The van der Waals surface area contributed by atoms with Crippen molar-refractivity contribution in [3.05, 3.63) is 112 Å². The van der Waals surface area contributed by atoms with Crippen LogP contribution < -0.4 is 31.0 Å². The first-order valence-corrected chi connectivity index (χ1v) is 17.1. The first-order chi connectivity index (χ1) is 25.0. The Bertz CT molecular complexity index is 2230. The number of hydrogen-bond acceptors (Lipinski definition) is 9. The van der Waals surface area contributed by atoms with E-state index < -0.39 is 23.0 Å². The Morgan fingerprint density at radius 3 is 2.26 bits per heavy atom. The van der Waals surface area contributed by atoms with Crippen LogP contribution in [0.2, 0.25) is 0 Å². The van der Waals surface area contributed by atoms with Crippen molar-refractivity contribution in [2.24, 2.45) is 5.41 Å². The summed E-state index contributed by atoms with van der Waals surface area (Å²) in [6.45, 7) is 12.1. The molecule has 53 heavy (non-hydrogen) atoms. The van der Waals surface area contributed by atoms with Gasteiger partial charge in [-0.15, -0.1) is 0 Å². The molecule has 5 aromatic rings. The number of anilines is 2. The number of nitrogens with one attached hydrogen (secondary N) is 4. The van der Waals surface area contributed by atoms with Gasteiger partial charge in [-0.25, -0.2) is 9.78 Å². The van der Waals surface area contributed by atoms with Crippen molar-refractivity contribution in [1.82, 2.24) is 15.3 Å². The van der Waals surface area contributed by atoms with E-state index in [9.17, 15) is 19.2 Å². The number of rotatable bonds is 11. The van der Waals surface area contributed by atoms with Gasteiger partial charge in [0.1, 0.15) is 28.6 Å². The summed E-state index contributed by atoms with van der Waals surface area (Å²) in [5, 5.41) is 10.8.